The summed E-state index contributed by atoms with van der Waals surface area (Å²) in [7, 11) is 0. The van der Waals surface area contributed by atoms with Crippen molar-refractivity contribution >= 4 is 17.6 Å². The van der Waals surface area contributed by atoms with Crippen LogP contribution in [-0.4, -0.2) is 16.9 Å². The minimum Gasteiger partial charge on any atom is -0.288 e. The van der Waals surface area contributed by atoms with Crippen LogP contribution in [0.4, 0.5) is 36.8 Å². The molecular weight excluding hydrogens is 392 g/mol. The lowest BCUT2D eigenvalue weighted by molar-refractivity contribution is -0.139. The molecule has 0 bridgehead atoms. The maximum atomic E-state index is 13.2. The molecule has 0 unspecified atom stereocenters. The molecular formula is C17H13F6N3O2. The van der Waals surface area contributed by atoms with Crippen molar-refractivity contribution in [2.24, 2.45) is 0 Å². The summed E-state index contributed by atoms with van der Waals surface area (Å²) in [6, 6.07) is 3.89. The Morgan fingerprint density at radius 1 is 1.00 bits per heavy atom. The Kier molecular flexibility index (Phi) is 5.95. The van der Waals surface area contributed by atoms with Crippen LogP contribution in [0, 0.1) is 0 Å². The van der Waals surface area contributed by atoms with E-state index in [1.54, 1.807) is 0 Å². The fraction of sp³-hybridized carbons (Fsp3) is 0.235. The number of amides is 3. The molecule has 0 atom stereocenters. The van der Waals surface area contributed by atoms with Gasteiger partial charge in [0, 0.05) is 18.8 Å². The summed E-state index contributed by atoms with van der Waals surface area (Å²) in [6.07, 6.45) is -8.31. The second kappa shape index (κ2) is 7.87. The predicted octanol–water partition coefficient (Wildman–Crippen LogP) is 4.38. The van der Waals surface area contributed by atoms with Crippen molar-refractivity contribution in [3.05, 3.63) is 59.4 Å². The molecule has 0 spiro atoms. The number of carbonyl (C=O) groups excluding carboxylic acids is 2. The van der Waals surface area contributed by atoms with E-state index < -0.39 is 47.7 Å². The van der Waals surface area contributed by atoms with Crippen LogP contribution in [0.3, 0.4) is 0 Å². The number of urea groups is 1. The lowest BCUT2D eigenvalue weighted by atomic mass is 10.1. The summed E-state index contributed by atoms with van der Waals surface area (Å²) < 4.78 is 77.6. The molecule has 0 saturated heterocycles. The Labute approximate surface area is 155 Å². The second-order valence-electron chi connectivity index (χ2n) is 5.61. The predicted molar refractivity (Wildman–Crippen MR) is 86.1 cm³/mol. The van der Waals surface area contributed by atoms with E-state index >= 15 is 0 Å². The zero-order chi connectivity index (χ0) is 21.1. The number of aromatic nitrogens is 1. The number of halogens is 6. The number of nitrogens with zero attached hydrogens (tertiary/aromatic N) is 2. The fourth-order valence-electron chi connectivity index (χ4n) is 2.30. The van der Waals surface area contributed by atoms with E-state index in [0.717, 1.165) is 37.4 Å². The summed E-state index contributed by atoms with van der Waals surface area (Å²) in [5.41, 5.74) is -2.79. The number of benzene rings is 1. The quantitative estimate of drug-likeness (QED) is 0.771. The molecule has 2 rings (SSSR count). The van der Waals surface area contributed by atoms with Gasteiger partial charge in [-0.3, -0.25) is 20.0 Å². The number of hydrogen-bond acceptors (Lipinski definition) is 3. The van der Waals surface area contributed by atoms with Gasteiger partial charge in [-0.05, 0) is 36.4 Å². The lowest BCUT2D eigenvalue weighted by Gasteiger charge is -2.24. The van der Waals surface area contributed by atoms with Gasteiger partial charge in [-0.25, -0.2) is 4.79 Å². The number of pyridine rings is 1. The van der Waals surface area contributed by atoms with E-state index in [1.807, 2.05) is 5.32 Å². The van der Waals surface area contributed by atoms with Gasteiger partial charge in [0.15, 0.2) is 0 Å². The zero-order valence-corrected chi connectivity index (χ0v) is 14.2. The van der Waals surface area contributed by atoms with E-state index in [0.29, 0.717) is 17.0 Å². The van der Waals surface area contributed by atoms with Crippen LogP contribution in [0.5, 0.6) is 0 Å². The molecule has 3 amide bonds. The van der Waals surface area contributed by atoms with Crippen molar-refractivity contribution in [1.82, 2.24) is 10.3 Å². The van der Waals surface area contributed by atoms with Crippen molar-refractivity contribution in [2.75, 3.05) is 4.90 Å². The van der Waals surface area contributed by atoms with Crippen molar-refractivity contribution in [3.63, 3.8) is 0 Å². The normalized spacial score (nSPS) is 11.8. The average Bonchev–Trinajstić information content (AvgIpc) is 2.58. The van der Waals surface area contributed by atoms with Crippen LogP contribution in [0.2, 0.25) is 0 Å². The van der Waals surface area contributed by atoms with Crippen molar-refractivity contribution < 1.29 is 35.9 Å². The summed E-state index contributed by atoms with van der Waals surface area (Å²) in [5.74, 6) is -0.793. The molecule has 1 aromatic heterocycles. The smallest absolute Gasteiger partial charge is 0.288 e. The highest BCUT2D eigenvalue weighted by atomic mass is 19.4. The fourth-order valence-corrected chi connectivity index (χ4v) is 2.30. The molecule has 28 heavy (non-hydrogen) atoms. The Bertz CT molecular complexity index is 862. The Balaban J connectivity index is 2.44. The first-order valence-electron chi connectivity index (χ1n) is 7.67. The first-order chi connectivity index (χ1) is 12.9. The summed E-state index contributed by atoms with van der Waals surface area (Å²) in [5, 5.41) is 1.88. The van der Waals surface area contributed by atoms with E-state index in [4.69, 9.17) is 0 Å². The van der Waals surface area contributed by atoms with E-state index in [1.165, 1.54) is 0 Å². The highest BCUT2D eigenvalue weighted by Crippen LogP contribution is 2.33. The van der Waals surface area contributed by atoms with Gasteiger partial charge < -0.3 is 0 Å². The SMILES string of the molecule is CC(=O)NC(=O)N(Cc1ncccc1C(F)(F)F)c1ccc(C(F)(F)F)cc1. The average molecular weight is 405 g/mol. The molecule has 0 saturated carbocycles. The number of alkyl halides is 6. The van der Waals surface area contributed by atoms with Crippen LogP contribution < -0.4 is 10.2 Å². The molecule has 1 aromatic carbocycles. The number of hydrogen-bond donors (Lipinski definition) is 1. The molecule has 2 aromatic rings. The minimum absolute atomic E-state index is 0.148. The standard InChI is InChI=1S/C17H13F6N3O2/c1-10(27)25-15(28)26(12-6-4-11(5-7-12)16(18,19)20)9-14-13(17(21,22)23)3-2-8-24-14/h2-8H,9H2,1H3,(H,25,27,28). The molecule has 1 N–H and O–H groups in total. The molecule has 0 fully saturated rings. The van der Waals surface area contributed by atoms with Gasteiger partial charge in [0.2, 0.25) is 5.91 Å². The van der Waals surface area contributed by atoms with Gasteiger partial charge in [-0.15, -0.1) is 0 Å². The van der Waals surface area contributed by atoms with E-state index in [2.05, 4.69) is 4.98 Å². The molecule has 0 aliphatic heterocycles. The van der Waals surface area contributed by atoms with Crippen LogP contribution in [-0.2, 0) is 23.7 Å². The molecule has 5 nitrogen and oxygen atoms in total. The largest absolute Gasteiger partial charge is 0.418 e. The van der Waals surface area contributed by atoms with Crippen LogP contribution >= 0.6 is 0 Å². The molecule has 150 valence electrons. The van der Waals surface area contributed by atoms with Crippen LogP contribution in [0.15, 0.2) is 42.6 Å². The van der Waals surface area contributed by atoms with Gasteiger partial charge in [-0.1, -0.05) is 0 Å². The molecule has 1 heterocycles. The minimum atomic E-state index is -4.76. The van der Waals surface area contributed by atoms with Gasteiger partial charge >= 0.3 is 18.4 Å². The highest BCUT2D eigenvalue weighted by Gasteiger charge is 2.35. The number of imide groups is 1. The number of carbonyl (C=O) groups is 2. The monoisotopic (exact) mass is 405 g/mol. The van der Waals surface area contributed by atoms with Gasteiger partial charge in [0.1, 0.15) is 0 Å². The van der Waals surface area contributed by atoms with Gasteiger partial charge in [-0.2, -0.15) is 26.3 Å². The summed E-state index contributed by atoms with van der Waals surface area (Å²) >= 11 is 0. The molecule has 0 aliphatic carbocycles. The zero-order valence-electron chi connectivity index (χ0n) is 14.2. The Morgan fingerprint density at radius 2 is 1.61 bits per heavy atom. The molecule has 11 heteroatoms. The number of nitrogens with one attached hydrogen (secondary N) is 1. The first-order valence-corrected chi connectivity index (χ1v) is 7.67. The Morgan fingerprint density at radius 3 is 2.11 bits per heavy atom. The second-order valence-corrected chi connectivity index (χ2v) is 5.61. The molecule has 0 aliphatic rings. The molecule has 0 radical (unpaired) electrons. The van der Waals surface area contributed by atoms with E-state index in [-0.39, 0.29) is 5.69 Å². The maximum absolute atomic E-state index is 13.2. The van der Waals surface area contributed by atoms with Crippen LogP contribution in [0.1, 0.15) is 23.7 Å². The summed E-state index contributed by atoms with van der Waals surface area (Å²) in [4.78, 5) is 27.7. The lowest BCUT2D eigenvalue weighted by Crippen LogP contribution is -2.42. The van der Waals surface area contributed by atoms with Crippen LogP contribution in [0.25, 0.3) is 0 Å². The van der Waals surface area contributed by atoms with E-state index in [9.17, 15) is 35.9 Å². The summed E-state index contributed by atoms with van der Waals surface area (Å²) in [6.45, 7) is 0.283. The van der Waals surface area contributed by atoms with Gasteiger partial charge in [0.05, 0.1) is 23.4 Å². The number of anilines is 1. The topological polar surface area (TPSA) is 62.3 Å². The third-order valence-electron chi connectivity index (χ3n) is 3.54. The van der Waals surface area contributed by atoms with Crippen molar-refractivity contribution in [1.29, 1.82) is 0 Å². The first kappa shape index (κ1) is 21.2. The maximum Gasteiger partial charge on any atom is 0.418 e. The third kappa shape index (κ3) is 5.21. The Hall–Kier alpha value is -3.11. The van der Waals surface area contributed by atoms with Crippen molar-refractivity contribution in [2.45, 2.75) is 25.8 Å². The van der Waals surface area contributed by atoms with Crippen molar-refractivity contribution in [3.8, 4) is 0 Å². The van der Waals surface area contributed by atoms with Gasteiger partial charge in [0.25, 0.3) is 0 Å². The highest BCUT2D eigenvalue weighted by molar-refractivity contribution is 6.01. The number of rotatable bonds is 3. The third-order valence-corrected chi connectivity index (χ3v) is 3.54.